The Hall–Kier alpha value is -2.05. The summed E-state index contributed by atoms with van der Waals surface area (Å²) in [6.45, 7) is 3.74. The fourth-order valence-electron chi connectivity index (χ4n) is 1.99. The molecule has 0 aliphatic carbocycles. The molecule has 1 amide bonds. The van der Waals surface area contributed by atoms with Gasteiger partial charge in [0.1, 0.15) is 11.5 Å². The normalized spacial score (nSPS) is 10.8. The maximum absolute atomic E-state index is 11.8. The molecular weight excluding hydrogens is 396 g/mol. The summed E-state index contributed by atoms with van der Waals surface area (Å²) in [6, 6.07) is 8.81. The zero-order valence-electron chi connectivity index (χ0n) is 13.1. The van der Waals surface area contributed by atoms with Gasteiger partial charge >= 0.3 is 0 Å². The summed E-state index contributed by atoms with van der Waals surface area (Å²) in [4.78, 5) is 11.8. The number of carbonyl (C=O) groups excluding carboxylic acids is 1. The molecule has 0 bridgehead atoms. The van der Waals surface area contributed by atoms with Crippen molar-refractivity contribution in [1.29, 1.82) is 0 Å². The standard InChI is InChI=1S/C17H16BrClN2O3/c1-10-3-4-15(11(2)5-10)24-9-16(22)21-20-8-12-6-13(19)7-14(18)17(12)23/h3-8,23H,9H2,1-2H3,(H,21,22)/b20-8-. The third kappa shape index (κ3) is 4.97. The number of phenolic OH excluding ortho intramolecular Hbond substituents is 1. The lowest BCUT2D eigenvalue weighted by Gasteiger charge is -2.08. The van der Waals surface area contributed by atoms with Crippen LogP contribution in [0.1, 0.15) is 16.7 Å². The van der Waals surface area contributed by atoms with Crippen LogP contribution in [-0.4, -0.2) is 23.8 Å². The highest BCUT2D eigenvalue weighted by Crippen LogP contribution is 2.30. The van der Waals surface area contributed by atoms with E-state index in [2.05, 4.69) is 26.5 Å². The number of halogens is 2. The Balaban J connectivity index is 1.91. The number of aryl methyl sites for hydroxylation is 2. The molecule has 7 heteroatoms. The highest BCUT2D eigenvalue weighted by Gasteiger charge is 2.07. The van der Waals surface area contributed by atoms with Crippen molar-refractivity contribution in [2.24, 2.45) is 5.10 Å². The minimum atomic E-state index is -0.410. The monoisotopic (exact) mass is 410 g/mol. The number of aromatic hydroxyl groups is 1. The SMILES string of the molecule is Cc1ccc(OCC(=O)N/N=C\c2cc(Cl)cc(Br)c2O)c(C)c1. The smallest absolute Gasteiger partial charge is 0.277 e. The van der Waals surface area contributed by atoms with Crippen molar-refractivity contribution in [3.05, 3.63) is 56.5 Å². The van der Waals surface area contributed by atoms with E-state index in [4.69, 9.17) is 16.3 Å². The number of amides is 1. The van der Waals surface area contributed by atoms with Crippen LogP contribution in [0.2, 0.25) is 5.02 Å². The molecule has 0 aliphatic heterocycles. The van der Waals surface area contributed by atoms with E-state index in [1.807, 2.05) is 32.0 Å². The van der Waals surface area contributed by atoms with E-state index in [0.29, 0.717) is 20.8 Å². The number of carbonyl (C=O) groups is 1. The highest BCUT2D eigenvalue weighted by atomic mass is 79.9. The molecule has 0 atom stereocenters. The zero-order chi connectivity index (χ0) is 17.7. The molecule has 5 nitrogen and oxygen atoms in total. The van der Waals surface area contributed by atoms with E-state index in [1.54, 1.807) is 6.07 Å². The molecule has 0 spiro atoms. The second kappa shape index (κ2) is 8.17. The molecule has 0 fully saturated rings. The van der Waals surface area contributed by atoms with Crippen LogP contribution >= 0.6 is 27.5 Å². The van der Waals surface area contributed by atoms with E-state index in [9.17, 15) is 9.90 Å². The van der Waals surface area contributed by atoms with Crippen LogP contribution < -0.4 is 10.2 Å². The summed E-state index contributed by atoms with van der Waals surface area (Å²) in [5.74, 6) is 0.229. The summed E-state index contributed by atoms with van der Waals surface area (Å²) in [5, 5.41) is 14.1. The fourth-order valence-corrected chi connectivity index (χ4v) is 2.83. The number of ether oxygens (including phenoxy) is 1. The third-order valence-corrected chi connectivity index (χ3v) is 3.96. The summed E-state index contributed by atoms with van der Waals surface area (Å²) in [7, 11) is 0. The van der Waals surface area contributed by atoms with Crippen molar-refractivity contribution in [1.82, 2.24) is 5.43 Å². The molecule has 0 aromatic heterocycles. The second-order valence-electron chi connectivity index (χ2n) is 5.18. The Labute approximate surface area is 153 Å². The van der Waals surface area contributed by atoms with Gasteiger partial charge in [0.25, 0.3) is 5.91 Å². The van der Waals surface area contributed by atoms with Crippen LogP contribution in [-0.2, 0) is 4.79 Å². The molecular formula is C17H16BrClN2O3. The first-order valence-corrected chi connectivity index (χ1v) is 8.24. The largest absolute Gasteiger partial charge is 0.506 e. The van der Waals surface area contributed by atoms with Crippen molar-refractivity contribution >= 4 is 39.7 Å². The number of hydrazone groups is 1. The Morgan fingerprint density at radius 1 is 1.38 bits per heavy atom. The average Bonchev–Trinajstić information content (AvgIpc) is 2.51. The van der Waals surface area contributed by atoms with E-state index in [-0.39, 0.29) is 12.4 Å². The topological polar surface area (TPSA) is 70.9 Å². The van der Waals surface area contributed by atoms with Gasteiger partial charge in [0.2, 0.25) is 0 Å². The predicted octanol–water partition coefficient (Wildman–Crippen LogP) is 3.95. The van der Waals surface area contributed by atoms with Gasteiger partial charge in [-0.15, -0.1) is 0 Å². The number of nitrogens with one attached hydrogen (secondary N) is 1. The molecule has 126 valence electrons. The van der Waals surface area contributed by atoms with Gasteiger partial charge in [-0.2, -0.15) is 5.10 Å². The van der Waals surface area contributed by atoms with Crippen LogP contribution in [0, 0.1) is 13.8 Å². The average molecular weight is 412 g/mol. The number of nitrogens with zero attached hydrogens (tertiary/aromatic N) is 1. The maximum Gasteiger partial charge on any atom is 0.277 e. The third-order valence-electron chi connectivity index (χ3n) is 3.14. The van der Waals surface area contributed by atoms with Gasteiger partial charge in [-0.05, 0) is 53.5 Å². The Morgan fingerprint density at radius 3 is 2.83 bits per heavy atom. The summed E-state index contributed by atoms with van der Waals surface area (Å²) in [6.07, 6.45) is 1.31. The number of rotatable bonds is 5. The Bertz CT molecular complexity index is 794. The lowest BCUT2D eigenvalue weighted by molar-refractivity contribution is -0.123. The minimum Gasteiger partial charge on any atom is -0.506 e. The van der Waals surface area contributed by atoms with Crippen LogP contribution in [0.25, 0.3) is 0 Å². The van der Waals surface area contributed by atoms with Gasteiger partial charge in [0.05, 0.1) is 10.7 Å². The van der Waals surface area contributed by atoms with Crippen molar-refractivity contribution < 1.29 is 14.6 Å². The van der Waals surface area contributed by atoms with Gasteiger partial charge < -0.3 is 9.84 Å². The molecule has 0 heterocycles. The van der Waals surface area contributed by atoms with Crippen LogP contribution in [0.3, 0.4) is 0 Å². The van der Waals surface area contributed by atoms with Gasteiger partial charge in [-0.3, -0.25) is 4.79 Å². The molecule has 2 rings (SSSR count). The number of benzene rings is 2. The summed E-state index contributed by atoms with van der Waals surface area (Å²) >= 11 is 9.07. The molecule has 0 aliphatic rings. The molecule has 0 unspecified atom stereocenters. The van der Waals surface area contributed by atoms with E-state index < -0.39 is 5.91 Å². The highest BCUT2D eigenvalue weighted by molar-refractivity contribution is 9.10. The molecule has 24 heavy (non-hydrogen) atoms. The Morgan fingerprint density at radius 2 is 2.12 bits per heavy atom. The molecule has 0 radical (unpaired) electrons. The van der Waals surface area contributed by atoms with Crippen molar-refractivity contribution in [2.75, 3.05) is 6.61 Å². The number of hydrogen-bond acceptors (Lipinski definition) is 4. The van der Waals surface area contributed by atoms with Crippen LogP contribution in [0.15, 0.2) is 39.9 Å². The summed E-state index contributed by atoms with van der Waals surface area (Å²) < 4.78 is 5.90. The van der Waals surface area contributed by atoms with Crippen molar-refractivity contribution in [3.8, 4) is 11.5 Å². The first-order valence-electron chi connectivity index (χ1n) is 7.07. The Kier molecular flexibility index (Phi) is 6.23. The maximum atomic E-state index is 11.8. The van der Waals surface area contributed by atoms with Gasteiger partial charge in [0.15, 0.2) is 6.61 Å². The first-order chi connectivity index (χ1) is 11.4. The van der Waals surface area contributed by atoms with Gasteiger partial charge in [-0.25, -0.2) is 5.43 Å². The predicted molar refractivity (Wildman–Crippen MR) is 98.0 cm³/mol. The van der Waals surface area contributed by atoms with Crippen molar-refractivity contribution in [3.63, 3.8) is 0 Å². The molecule has 2 aromatic rings. The lowest BCUT2D eigenvalue weighted by Crippen LogP contribution is -2.24. The first kappa shape index (κ1) is 18.3. The van der Waals surface area contributed by atoms with Crippen LogP contribution in [0.4, 0.5) is 0 Å². The summed E-state index contributed by atoms with van der Waals surface area (Å²) in [5.41, 5.74) is 4.80. The van der Waals surface area contributed by atoms with E-state index >= 15 is 0 Å². The zero-order valence-corrected chi connectivity index (χ0v) is 15.5. The molecule has 0 saturated carbocycles. The number of phenols is 1. The van der Waals surface area contributed by atoms with Gasteiger partial charge in [0, 0.05) is 10.6 Å². The van der Waals surface area contributed by atoms with E-state index in [1.165, 1.54) is 12.3 Å². The number of hydrogen-bond donors (Lipinski definition) is 2. The fraction of sp³-hybridized carbons (Fsp3) is 0.176. The molecule has 2 aromatic carbocycles. The minimum absolute atomic E-state index is 0.0103. The van der Waals surface area contributed by atoms with Crippen LogP contribution in [0.5, 0.6) is 11.5 Å². The van der Waals surface area contributed by atoms with Crippen molar-refractivity contribution in [2.45, 2.75) is 13.8 Å². The second-order valence-corrected chi connectivity index (χ2v) is 6.47. The molecule has 0 saturated heterocycles. The van der Waals surface area contributed by atoms with Gasteiger partial charge in [-0.1, -0.05) is 29.3 Å². The lowest BCUT2D eigenvalue weighted by atomic mass is 10.1. The quantitative estimate of drug-likeness (QED) is 0.578. The van der Waals surface area contributed by atoms with E-state index in [0.717, 1.165) is 11.1 Å². The molecule has 2 N–H and O–H groups in total.